The first-order valence-corrected chi connectivity index (χ1v) is 10.9. The number of ketones is 1. The normalized spacial score (nSPS) is 19.9. The van der Waals surface area contributed by atoms with Crippen molar-refractivity contribution in [3.05, 3.63) is 70.7 Å². The van der Waals surface area contributed by atoms with Crippen LogP contribution in [-0.4, -0.2) is 53.9 Å². The molecule has 172 valence electrons. The number of ether oxygens (including phenoxy) is 1. The van der Waals surface area contributed by atoms with Crippen LogP contribution in [0.5, 0.6) is 0 Å². The molecule has 5 nitrogen and oxygen atoms in total. The summed E-state index contributed by atoms with van der Waals surface area (Å²) in [5.74, 6) is -4.01. The second-order valence-electron chi connectivity index (χ2n) is 8.88. The summed E-state index contributed by atoms with van der Waals surface area (Å²) in [5.41, 5.74) is 3.45. The quantitative estimate of drug-likeness (QED) is 0.537. The second kappa shape index (κ2) is 8.02. The molecule has 1 saturated heterocycles. The van der Waals surface area contributed by atoms with E-state index < -0.39 is 17.7 Å². The predicted molar refractivity (Wildman–Crippen MR) is 116 cm³/mol. The number of nitrogens with zero attached hydrogens (tertiary/aromatic N) is 2. The van der Waals surface area contributed by atoms with Crippen LogP contribution in [0.15, 0.2) is 42.5 Å². The molecule has 0 saturated carbocycles. The lowest BCUT2D eigenvalue weighted by Crippen LogP contribution is -2.58. The molecular weight excluding hydrogens is 433 g/mol. The van der Waals surface area contributed by atoms with E-state index in [1.807, 2.05) is 16.7 Å². The van der Waals surface area contributed by atoms with Gasteiger partial charge < -0.3 is 9.30 Å². The molecule has 0 bridgehead atoms. The van der Waals surface area contributed by atoms with Gasteiger partial charge in [0.25, 0.3) is 5.92 Å². The van der Waals surface area contributed by atoms with E-state index in [1.165, 1.54) is 19.2 Å². The minimum Gasteiger partial charge on any atom is -0.465 e. The number of esters is 1. The monoisotopic (exact) mass is 456 g/mol. The Hall–Kier alpha value is -3.13. The van der Waals surface area contributed by atoms with Crippen molar-refractivity contribution in [3.8, 4) is 0 Å². The highest BCUT2D eigenvalue weighted by atomic mass is 19.3. The highest BCUT2D eigenvalue weighted by Crippen LogP contribution is 2.37. The van der Waals surface area contributed by atoms with E-state index in [0.29, 0.717) is 42.4 Å². The van der Waals surface area contributed by atoms with Gasteiger partial charge in [-0.2, -0.15) is 0 Å². The van der Waals surface area contributed by atoms with Crippen LogP contribution in [-0.2, 0) is 17.7 Å². The molecule has 3 aromatic rings. The van der Waals surface area contributed by atoms with Crippen LogP contribution in [0.1, 0.15) is 38.4 Å². The molecule has 8 heteroatoms. The molecule has 2 aromatic carbocycles. The predicted octanol–water partition coefficient (Wildman–Crippen LogP) is 4.31. The lowest BCUT2D eigenvalue weighted by molar-refractivity contribution is -0.133. The molecule has 1 unspecified atom stereocenters. The summed E-state index contributed by atoms with van der Waals surface area (Å²) in [6, 6.07) is 11.4. The van der Waals surface area contributed by atoms with Gasteiger partial charge in [0.15, 0.2) is 5.78 Å². The Balaban J connectivity index is 1.48. The van der Waals surface area contributed by atoms with Gasteiger partial charge in [-0.05, 0) is 48.7 Å². The van der Waals surface area contributed by atoms with Gasteiger partial charge in [0.1, 0.15) is 5.82 Å². The van der Waals surface area contributed by atoms with Gasteiger partial charge >= 0.3 is 5.97 Å². The van der Waals surface area contributed by atoms with Crippen LogP contribution < -0.4 is 0 Å². The van der Waals surface area contributed by atoms with Crippen molar-refractivity contribution in [1.82, 2.24) is 9.47 Å². The molecule has 0 amide bonds. The topological polar surface area (TPSA) is 51.5 Å². The molecule has 0 spiro atoms. The average molecular weight is 456 g/mol. The van der Waals surface area contributed by atoms with Crippen molar-refractivity contribution >= 4 is 22.7 Å². The SMILES string of the molecule is COC(=O)c1ccc(Cn2c3c(c4cc(F)ccc42)C(=O)C(CN2CC(F)(F)C2)CC3)cc1. The zero-order chi connectivity index (χ0) is 23.3. The molecule has 0 radical (unpaired) electrons. The zero-order valence-electron chi connectivity index (χ0n) is 18.1. The van der Waals surface area contributed by atoms with E-state index in [2.05, 4.69) is 0 Å². The maximum Gasteiger partial charge on any atom is 0.337 e. The van der Waals surface area contributed by atoms with Gasteiger partial charge in [0, 0.05) is 41.2 Å². The number of rotatable bonds is 5. The lowest BCUT2D eigenvalue weighted by Gasteiger charge is -2.40. The number of carbonyl (C=O) groups excluding carboxylic acids is 2. The summed E-state index contributed by atoms with van der Waals surface area (Å²) in [5, 5.41) is 0.555. The molecule has 2 heterocycles. The number of carbonyl (C=O) groups is 2. The molecule has 1 aliphatic heterocycles. The minimum absolute atomic E-state index is 0.109. The standard InChI is InChI=1S/C25H23F3N2O3/c1-33-24(32)16-4-2-15(3-5-16)11-30-20-9-7-18(26)10-19(20)22-21(30)8-6-17(23(22)31)12-29-13-25(27,28)14-29/h2-5,7,9-10,17H,6,8,11-14H2,1H3. The average Bonchev–Trinajstić information content (AvgIpc) is 3.07. The molecule has 1 fully saturated rings. The van der Waals surface area contributed by atoms with E-state index in [1.54, 1.807) is 23.1 Å². The number of alkyl halides is 2. The molecular formula is C25H23F3N2O3. The first kappa shape index (κ1) is 21.7. The second-order valence-corrected chi connectivity index (χ2v) is 8.88. The Morgan fingerprint density at radius 2 is 1.88 bits per heavy atom. The fraction of sp³-hybridized carbons (Fsp3) is 0.360. The Morgan fingerprint density at radius 1 is 1.15 bits per heavy atom. The van der Waals surface area contributed by atoms with Gasteiger partial charge in [-0.25, -0.2) is 18.0 Å². The van der Waals surface area contributed by atoms with Crippen LogP contribution in [0.25, 0.3) is 10.9 Å². The molecule has 2 aliphatic rings. The zero-order valence-corrected chi connectivity index (χ0v) is 18.1. The summed E-state index contributed by atoms with van der Waals surface area (Å²) in [6.45, 7) is 0.114. The third-order valence-electron chi connectivity index (χ3n) is 6.58. The van der Waals surface area contributed by atoms with Gasteiger partial charge in [0.2, 0.25) is 0 Å². The maximum absolute atomic E-state index is 14.1. The van der Waals surface area contributed by atoms with Crippen LogP contribution >= 0.6 is 0 Å². The Bertz CT molecular complexity index is 1240. The molecule has 0 N–H and O–H groups in total. The largest absolute Gasteiger partial charge is 0.465 e. The van der Waals surface area contributed by atoms with Crippen LogP contribution in [0.4, 0.5) is 13.2 Å². The van der Waals surface area contributed by atoms with E-state index in [0.717, 1.165) is 16.8 Å². The number of hydrogen-bond donors (Lipinski definition) is 0. The fourth-order valence-electron chi connectivity index (χ4n) is 5.01. The number of likely N-dealkylation sites (tertiary alicyclic amines) is 1. The third kappa shape index (κ3) is 3.93. The molecule has 5 rings (SSSR count). The number of hydrogen-bond acceptors (Lipinski definition) is 4. The Kier molecular flexibility index (Phi) is 5.28. The first-order valence-electron chi connectivity index (χ1n) is 10.9. The molecule has 1 aromatic heterocycles. The number of fused-ring (bicyclic) bond motifs is 3. The van der Waals surface area contributed by atoms with Crippen molar-refractivity contribution in [2.75, 3.05) is 26.7 Å². The number of aromatic nitrogens is 1. The van der Waals surface area contributed by atoms with E-state index >= 15 is 0 Å². The smallest absolute Gasteiger partial charge is 0.337 e. The molecule has 33 heavy (non-hydrogen) atoms. The summed E-state index contributed by atoms with van der Waals surface area (Å²) >= 11 is 0. The van der Waals surface area contributed by atoms with E-state index in [4.69, 9.17) is 4.74 Å². The van der Waals surface area contributed by atoms with Crippen LogP contribution in [0.3, 0.4) is 0 Å². The number of benzene rings is 2. The third-order valence-corrected chi connectivity index (χ3v) is 6.58. The van der Waals surface area contributed by atoms with Gasteiger partial charge in [-0.1, -0.05) is 12.1 Å². The van der Waals surface area contributed by atoms with Crippen molar-refractivity contribution in [1.29, 1.82) is 0 Å². The van der Waals surface area contributed by atoms with E-state index in [9.17, 15) is 22.8 Å². The highest BCUT2D eigenvalue weighted by Gasteiger charge is 2.45. The van der Waals surface area contributed by atoms with Crippen molar-refractivity contribution in [3.63, 3.8) is 0 Å². The van der Waals surface area contributed by atoms with Gasteiger partial charge in [0.05, 0.1) is 25.8 Å². The van der Waals surface area contributed by atoms with Gasteiger partial charge in [-0.15, -0.1) is 0 Å². The lowest BCUT2D eigenvalue weighted by atomic mass is 9.84. The van der Waals surface area contributed by atoms with Crippen LogP contribution in [0.2, 0.25) is 0 Å². The highest BCUT2D eigenvalue weighted by molar-refractivity contribution is 6.11. The summed E-state index contributed by atoms with van der Waals surface area (Å²) < 4.78 is 47.3. The maximum atomic E-state index is 14.1. The Morgan fingerprint density at radius 3 is 2.55 bits per heavy atom. The molecule has 1 aliphatic carbocycles. The number of Topliss-reactive ketones (excluding diaryl/α,β-unsaturated/α-hetero) is 1. The fourth-order valence-corrected chi connectivity index (χ4v) is 5.01. The summed E-state index contributed by atoms with van der Waals surface area (Å²) in [7, 11) is 1.32. The summed E-state index contributed by atoms with van der Waals surface area (Å²) in [6.07, 6.45) is 1.17. The van der Waals surface area contributed by atoms with Crippen molar-refractivity contribution in [2.45, 2.75) is 25.3 Å². The van der Waals surface area contributed by atoms with Gasteiger partial charge in [-0.3, -0.25) is 9.69 Å². The van der Waals surface area contributed by atoms with Crippen molar-refractivity contribution < 1.29 is 27.5 Å². The Labute approximate surface area is 188 Å². The molecule has 1 atom stereocenters. The minimum atomic E-state index is -2.68. The summed E-state index contributed by atoms with van der Waals surface area (Å²) in [4.78, 5) is 26.7. The number of halogens is 3. The number of methoxy groups -OCH3 is 1. The van der Waals surface area contributed by atoms with Crippen LogP contribution in [0, 0.1) is 11.7 Å². The van der Waals surface area contributed by atoms with Crippen molar-refractivity contribution in [2.24, 2.45) is 5.92 Å². The first-order chi connectivity index (χ1) is 15.8. The van der Waals surface area contributed by atoms with E-state index in [-0.39, 0.29) is 24.8 Å².